The Morgan fingerprint density at radius 1 is 1.04 bits per heavy atom. The molecule has 7 heteroatoms. The lowest BCUT2D eigenvalue weighted by Crippen LogP contribution is -2.36. The van der Waals surface area contributed by atoms with Crippen molar-refractivity contribution in [2.75, 3.05) is 21.3 Å². The summed E-state index contributed by atoms with van der Waals surface area (Å²) < 4.78 is 24.4. The summed E-state index contributed by atoms with van der Waals surface area (Å²) in [6.07, 6.45) is 0. The number of nitrogens with zero attached hydrogens (tertiary/aromatic N) is 1. The van der Waals surface area contributed by atoms with Gasteiger partial charge < -0.3 is 20.1 Å². The quantitative estimate of drug-likeness (QED) is 0.566. The average molecular weight is 410 g/mol. The molecule has 5 nitrogen and oxygen atoms in total. The molecular weight excluding hydrogens is 389 g/mol. The molecule has 0 bridgehead atoms. The molecule has 2 rings (SSSR count). The minimum atomic E-state index is -0.245. The number of halogens is 2. The SMILES string of the molecule is CN=C(NCc1ccc(F)cc1)NCc1cc(Br)c(OC)c(OC)c1. The number of ether oxygens (including phenoxy) is 2. The van der Waals surface area contributed by atoms with E-state index in [4.69, 9.17) is 9.47 Å². The Labute approximate surface area is 155 Å². The summed E-state index contributed by atoms with van der Waals surface area (Å²) in [4.78, 5) is 4.19. The van der Waals surface area contributed by atoms with E-state index in [9.17, 15) is 4.39 Å². The van der Waals surface area contributed by atoms with Gasteiger partial charge in [0.15, 0.2) is 17.5 Å². The van der Waals surface area contributed by atoms with Crippen LogP contribution >= 0.6 is 15.9 Å². The molecule has 0 radical (unpaired) electrons. The predicted octanol–water partition coefficient (Wildman–Crippen LogP) is 3.47. The molecule has 2 aromatic carbocycles. The Hall–Kier alpha value is -2.28. The number of benzene rings is 2. The van der Waals surface area contributed by atoms with E-state index in [1.165, 1.54) is 12.1 Å². The monoisotopic (exact) mass is 409 g/mol. The van der Waals surface area contributed by atoms with E-state index in [-0.39, 0.29) is 5.82 Å². The van der Waals surface area contributed by atoms with Crippen molar-refractivity contribution < 1.29 is 13.9 Å². The highest BCUT2D eigenvalue weighted by Crippen LogP contribution is 2.36. The van der Waals surface area contributed by atoms with Crippen molar-refractivity contribution in [2.45, 2.75) is 13.1 Å². The molecule has 0 unspecified atom stereocenters. The first-order valence-corrected chi connectivity index (χ1v) is 8.46. The summed E-state index contributed by atoms with van der Waals surface area (Å²) in [5.74, 6) is 1.72. The number of methoxy groups -OCH3 is 2. The van der Waals surface area contributed by atoms with E-state index in [1.54, 1.807) is 33.4 Å². The van der Waals surface area contributed by atoms with Gasteiger partial charge in [-0.2, -0.15) is 0 Å². The molecule has 0 heterocycles. The molecule has 25 heavy (non-hydrogen) atoms. The average Bonchev–Trinajstić information content (AvgIpc) is 2.62. The largest absolute Gasteiger partial charge is 0.493 e. The Morgan fingerprint density at radius 3 is 2.24 bits per heavy atom. The van der Waals surface area contributed by atoms with Gasteiger partial charge in [-0.3, -0.25) is 4.99 Å². The van der Waals surface area contributed by atoms with Crippen LogP contribution in [0.2, 0.25) is 0 Å². The maximum absolute atomic E-state index is 12.9. The van der Waals surface area contributed by atoms with Gasteiger partial charge in [-0.25, -0.2) is 4.39 Å². The fraction of sp³-hybridized carbons (Fsp3) is 0.278. The summed E-state index contributed by atoms with van der Waals surface area (Å²) in [6.45, 7) is 1.11. The maximum atomic E-state index is 12.9. The molecule has 0 atom stereocenters. The molecule has 0 amide bonds. The van der Waals surface area contributed by atoms with Crippen LogP contribution in [0.25, 0.3) is 0 Å². The van der Waals surface area contributed by atoms with E-state index in [0.717, 1.165) is 15.6 Å². The molecule has 0 saturated carbocycles. The fourth-order valence-electron chi connectivity index (χ4n) is 2.27. The molecule has 0 spiro atoms. The van der Waals surface area contributed by atoms with Crippen molar-refractivity contribution in [3.63, 3.8) is 0 Å². The Morgan fingerprint density at radius 2 is 1.68 bits per heavy atom. The summed E-state index contributed by atoms with van der Waals surface area (Å²) >= 11 is 3.48. The van der Waals surface area contributed by atoms with Crippen molar-refractivity contribution in [3.8, 4) is 11.5 Å². The van der Waals surface area contributed by atoms with Gasteiger partial charge in [-0.15, -0.1) is 0 Å². The number of nitrogens with one attached hydrogen (secondary N) is 2. The van der Waals surface area contributed by atoms with Gasteiger partial charge >= 0.3 is 0 Å². The fourth-order valence-corrected chi connectivity index (χ4v) is 2.92. The number of aliphatic imine (C=N–C) groups is 1. The van der Waals surface area contributed by atoms with E-state index >= 15 is 0 Å². The first kappa shape index (κ1) is 19.1. The summed E-state index contributed by atoms with van der Waals surface area (Å²) in [5, 5.41) is 6.42. The smallest absolute Gasteiger partial charge is 0.191 e. The van der Waals surface area contributed by atoms with Gasteiger partial charge in [-0.1, -0.05) is 12.1 Å². The molecule has 0 aliphatic heterocycles. The minimum Gasteiger partial charge on any atom is -0.493 e. The summed E-state index contributed by atoms with van der Waals surface area (Å²) in [6, 6.07) is 10.2. The van der Waals surface area contributed by atoms with Crippen LogP contribution in [0, 0.1) is 5.82 Å². The third kappa shape index (κ3) is 5.35. The Bertz CT molecular complexity index is 736. The zero-order chi connectivity index (χ0) is 18.2. The van der Waals surface area contributed by atoms with E-state index < -0.39 is 0 Å². The van der Waals surface area contributed by atoms with E-state index in [1.807, 2.05) is 12.1 Å². The lowest BCUT2D eigenvalue weighted by atomic mass is 10.2. The topological polar surface area (TPSA) is 54.9 Å². The van der Waals surface area contributed by atoms with Gasteiger partial charge in [0.05, 0.1) is 18.7 Å². The Kier molecular flexibility index (Phi) is 7.06. The van der Waals surface area contributed by atoms with Crippen LogP contribution in [0.15, 0.2) is 45.9 Å². The highest BCUT2D eigenvalue weighted by atomic mass is 79.9. The second-order valence-corrected chi connectivity index (χ2v) is 6.07. The lowest BCUT2D eigenvalue weighted by Gasteiger charge is -2.14. The number of guanidine groups is 1. The number of rotatable bonds is 6. The van der Waals surface area contributed by atoms with Gasteiger partial charge in [0.2, 0.25) is 0 Å². The van der Waals surface area contributed by atoms with Gasteiger partial charge in [0, 0.05) is 20.1 Å². The first-order valence-electron chi connectivity index (χ1n) is 7.66. The van der Waals surface area contributed by atoms with Crippen molar-refractivity contribution >= 4 is 21.9 Å². The molecule has 134 valence electrons. The molecule has 0 aromatic heterocycles. The minimum absolute atomic E-state index is 0.245. The van der Waals surface area contributed by atoms with Crippen LogP contribution in [-0.4, -0.2) is 27.2 Å². The first-order chi connectivity index (χ1) is 12.1. The maximum Gasteiger partial charge on any atom is 0.191 e. The van der Waals surface area contributed by atoms with Crippen LogP contribution in [0.1, 0.15) is 11.1 Å². The van der Waals surface area contributed by atoms with Crippen LogP contribution in [0.3, 0.4) is 0 Å². The summed E-state index contributed by atoms with van der Waals surface area (Å²) in [5.41, 5.74) is 1.98. The van der Waals surface area contributed by atoms with Gasteiger partial charge in [0.1, 0.15) is 5.82 Å². The van der Waals surface area contributed by atoms with Crippen LogP contribution < -0.4 is 20.1 Å². The second-order valence-electron chi connectivity index (χ2n) is 5.22. The second kappa shape index (κ2) is 9.27. The highest BCUT2D eigenvalue weighted by Gasteiger charge is 2.10. The van der Waals surface area contributed by atoms with Crippen molar-refractivity contribution in [1.82, 2.24) is 10.6 Å². The highest BCUT2D eigenvalue weighted by molar-refractivity contribution is 9.10. The molecule has 0 aliphatic rings. The standard InChI is InChI=1S/C18H21BrFN3O2/c1-21-18(22-10-12-4-6-14(20)7-5-12)23-11-13-8-15(19)17(25-3)16(9-13)24-2/h4-9H,10-11H2,1-3H3,(H2,21,22,23). The zero-order valence-corrected chi connectivity index (χ0v) is 16.0. The van der Waals surface area contributed by atoms with E-state index in [2.05, 4.69) is 31.6 Å². The zero-order valence-electron chi connectivity index (χ0n) is 14.4. The molecule has 0 aliphatic carbocycles. The molecule has 2 aromatic rings. The molecule has 2 N–H and O–H groups in total. The van der Waals surface area contributed by atoms with Gasteiger partial charge in [0.25, 0.3) is 0 Å². The lowest BCUT2D eigenvalue weighted by molar-refractivity contribution is 0.352. The van der Waals surface area contributed by atoms with Crippen molar-refractivity contribution in [1.29, 1.82) is 0 Å². The van der Waals surface area contributed by atoms with Crippen LogP contribution in [0.4, 0.5) is 4.39 Å². The number of hydrogen-bond acceptors (Lipinski definition) is 3. The van der Waals surface area contributed by atoms with Crippen molar-refractivity contribution in [2.24, 2.45) is 4.99 Å². The van der Waals surface area contributed by atoms with E-state index in [0.29, 0.717) is 30.5 Å². The summed E-state index contributed by atoms with van der Waals surface area (Å²) in [7, 11) is 4.90. The molecular formula is C18H21BrFN3O2. The third-order valence-electron chi connectivity index (χ3n) is 3.55. The van der Waals surface area contributed by atoms with Crippen molar-refractivity contribution in [3.05, 3.63) is 57.8 Å². The molecule has 0 fully saturated rings. The van der Waals surface area contributed by atoms with Crippen LogP contribution in [-0.2, 0) is 13.1 Å². The number of hydrogen-bond donors (Lipinski definition) is 2. The third-order valence-corrected chi connectivity index (χ3v) is 4.14. The van der Waals surface area contributed by atoms with Gasteiger partial charge in [-0.05, 0) is 51.3 Å². The molecule has 0 saturated heterocycles. The Balaban J connectivity index is 1.96. The normalized spacial score (nSPS) is 11.2. The van der Waals surface area contributed by atoms with Crippen LogP contribution in [0.5, 0.6) is 11.5 Å². The predicted molar refractivity (Wildman–Crippen MR) is 101 cm³/mol.